The second kappa shape index (κ2) is 8.43. The number of rotatable bonds is 0. The zero-order valence-corrected chi connectivity index (χ0v) is 8.90. The molecule has 0 aromatic carbocycles. The molecule has 0 radical (unpaired) electrons. The van der Waals surface area contributed by atoms with Crippen molar-refractivity contribution in [3.05, 3.63) is 0 Å². The van der Waals surface area contributed by atoms with Crippen LogP contribution in [0.2, 0.25) is 0 Å². The third-order valence-corrected chi connectivity index (χ3v) is 0. The predicted molar refractivity (Wildman–Crippen MR) is 41.8 cm³/mol. The van der Waals surface area contributed by atoms with Crippen LogP contribution in [0, 0.1) is 0 Å². The van der Waals surface area contributed by atoms with Crippen LogP contribution in [0.4, 0.5) is 0 Å². The van der Waals surface area contributed by atoms with E-state index in [2.05, 4.69) is 0 Å². The van der Waals surface area contributed by atoms with Gasteiger partial charge >= 0.3 is 17.4 Å². The molecule has 1 unspecified atom stereocenters. The Labute approximate surface area is 82.5 Å². The molecule has 0 aromatic heterocycles. The summed E-state index contributed by atoms with van der Waals surface area (Å²) in [4.78, 5) is 34.9. The smallest absolute Gasteiger partial charge is 0.811 e. The van der Waals surface area contributed by atoms with Crippen LogP contribution < -0.4 is 14.7 Å². The molecule has 0 amide bonds. The van der Waals surface area contributed by atoms with Crippen LogP contribution in [0.3, 0.4) is 0 Å². The van der Waals surface area contributed by atoms with Crippen LogP contribution in [0.1, 0.15) is 7.43 Å². The van der Waals surface area contributed by atoms with E-state index in [1.54, 1.807) is 0 Å². The Balaban J connectivity index is -0.0000000457. The van der Waals surface area contributed by atoms with Crippen molar-refractivity contribution in [1.82, 2.24) is 0 Å². The summed E-state index contributed by atoms with van der Waals surface area (Å²) in [7, 11) is -8.03. The van der Waals surface area contributed by atoms with Crippen molar-refractivity contribution in [1.29, 1.82) is 0 Å². The fourth-order valence-electron chi connectivity index (χ4n) is 0. The standard InChI is InChI=1S/2CH5O3P.CH4.Al/c2*1-5(2,3)4;;/h2*1H3,(H2,2,3,4);1H4;/q;;;+3/p-3. The van der Waals surface area contributed by atoms with E-state index in [0.717, 1.165) is 6.66 Å². The Bertz CT molecular complexity index is 133. The summed E-state index contributed by atoms with van der Waals surface area (Å²) in [6, 6.07) is 0. The molecule has 0 saturated carbocycles. The van der Waals surface area contributed by atoms with Crippen LogP contribution in [-0.2, 0) is 9.13 Å². The molecule has 1 N–H and O–H groups in total. The molecule has 0 aliphatic rings. The van der Waals surface area contributed by atoms with Gasteiger partial charge in [-0.05, 0) is 6.66 Å². The van der Waals surface area contributed by atoms with Crippen LogP contribution in [0.15, 0.2) is 0 Å². The second-order valence-corrected chi connectivity index (χ2v) is 4.72. The van der Waals surface area contributed by atoms with E-state index in [4.69, 9.17) is 19.2 Å². The SMILES string of the molecule is C.CP(=O)([O-])O.CP(=O)([O-])[O-].[Al+3]. The Morgan fingerprint density at radius 3 is 1.08 bits per heavy atom. The maximum absolute atomic E-state index is 9.22. The number of hydrogen-bond acceptors (Lipinski definition) is 5. The van der Waals surface area contributed by atoms with Gasteiger partial charge in [0.1, 0.15) is 7.60 Å². The van der Waals surface area contributed by atoms with Gasteiger partial charge in [-0.25, -0.2) is 0 Å². The van der Waals surface area contributed by atoms with Gasteiger partial charge in [-0.2, -0.15) is 0 Å². The van der Waals surface area contributed by atoms with E-state index < -0.39 is 15.2 Å². The largest absolute Gasteiger partial charge is 3.00 e. The van der Waals surface area contributed by atoms with Crippen LogP contribution >= 0.6 is 15.2 Å². The molecule has 0 bridgehead atoms. The van der Waals surface area contributed by atoms with Crippen molar-refractivity contribution in [2.45, 2.75) is 7.43 Å². The Hall–Kier alpha value is 0.832. The average Bonchev–Trinajstić information content (AvgIpc) is 1.12. The van der Waals surface area contributed by atoms with Crippen molar-refractivity contribution in [2.24, 2.45) is 0 Å². The van der Waals surface area contributed by atoms with Gasteiger partial charge in [0.2, 0.25) is 0 Å². The minimum absolute atomic E-state index is 0. The van der Waals surface area contributed by atoms with Gasteiger partial charge in [0, 0.05) is 6.66 Å². The van der Waals surface area contributed by atoms with Gasteiger partial charge in [0.05, 0.1) is 0 Å². The minimum Gasteiger partial charge on any atom is -0.811 e. The van der Waals surface area contributed by atoms with Gasteiger partial charge in [-0.1, -0.05) is 15.0 Å². The third kappa shape index (κ3) is 1510. The maximum atomic E-state index is 9.22. The molecule has 0 saturated heterocycles. The third-order valence-electron chi connectivity index (χ3n) is 0. The van der Waals surface area contributed by atoms with Crippen molar-refractivity contribution in [3.63, 3.8) is 0 Å². The molecule has 1 atom stereocenters. The van der Waals surface area contributed by atoms with E-state index >= 15 is 0 Å². The normalized spacial score (nSPS) is 13.8. The van der Waals surface area contributed by atoms with Gasteiger partial charge < -0.3 is 28.7 Å². The first-order chi connectivity index (χ1) is 4.00. The second-order valence-electron chi connectivity index (χ2n) is 1.57. The van der Waals surface area contributed by atoms with E-state index in [9.17, 15) is 9.46 Å². The molecule has 0 rings (SSSR count). The first-order valence-electron chi connectivity index (χ1n) is 2.01. The summed E-state index contributed by atoms with van der Waals surface area (Å²) < 4.78 is 18.3. The summed E-state index contributed by atoms with van der Waals surface area (Å²) in [5, 5.41) is 0. The molecule has 9 heteroatoms. The van der Waals surface area contributed by atoms with Crippen LogP contribution in [0.25, 0.3) is 0 Å². The molecular formula is C3H11AlO6P2. The van der Waals surface area contributed by atoms with E-state index in [0.29, 0.717) is 6.66 Å². The molecular weight excluding hydrogens is 221 g/mol. The van der Waals surface area contributed by atoms with Gasteiger partial charge in [-0.15, -0.1) is 0 Å². The zero-order chi connectivity index (χ0) is 9.00. The summed E-state index contributed by atoms with van der Waals surface area (Å²) in [6.07, 6.45) is 0. The van der Waals surface area contributed by atoms with Gasteiger partial charge in [0.15, 0.2) is 0 Å². The molecule has 72 valence electrons. The fraction of sp³-hybridized carbons (Fsp3) is 1.00. The van der Waals surface area contributed by atoms with E-state index in [1.807, 2.05) is 0 Å². The summed E-state index contributed by atoms with van der Waals surface area (Å²) >= 11 is 0. The Kier molecular flexibility index (Phi) is 16.2. The first kappa shape index (κ1) is 23.0. The summed E-state index contributed by atoms with van der Waals surface area (Å²) in [5.74, 6) is 0. The Morgan fingerprint density at radius 2 is 1.08 bits per heavy atom. The van der Waals surface area contributed by atoms with Crippen molar-refractivity contribution < 1.29 is 28.7 Å². The molecule has 0 aliphatic heterocycles. The molecule has 0 aliphatic carbocycles. The minimum atomic E-state index is -4.14. The van der Waals surface area contributed by atoms with Crippen LogP contribution in [-0.4, -0.2) is 35.6 Å². The topological polar surface area (TPSA) is 124 Å². The summed E-state index contributed by atoms with van der Waals surface area (Å²) in [6.45, 7) is 1.38. The monoisotopic (exact) mass is 232 g/mol. The molecule has 6 nitrogen and oxygen atoms in total. The van der Waals surface area contributed by atoms with Gasteiger partial charge in [-0.3, -0.25) is 0 Å². The summed E-state index contributed by atoms with van der Waals surface area (Å²) in [5.41, 5.74) is 0. The number of hydrogen-bond donors (Lipinski definition) is 1. The molecule has 0 fully saturated rings. The van der Waals surface area contributed by atoms with E-state index in [1.165, 1.54) is 0 Å². The zero-order valence-electron chi connectivity index (χ0n) is 5.96. The molecule has 0 heterocycles. The van der Waals surface area contributed by atoms with Crippen LogP contribution in [0.5, 0.6) is 0 Å². The molecule has 12 heavy (non-hydrogen) atoms. The molecule has 0 aromatic rings. The quantitative estimate of drug-likeness (QED) is 0.378. The molecule has 0 spiro atoms. The van der Waals surface area contributed by atoms with Crippen molar-refractivity contribution in [2.75, 3.05) is 13.3 Å². The maximum Gasteiger partial charge on any atom is 3.00 e. The van der Waals surface area contributed by atoms with Crippen molar-refractivity contribution in [3.8, 4) is 0 Å². The fourth-order valence-corrected chi connectivity index (χ4v) is 0. The predicted octanol–water partition coefficient (Wildman–Crippen LogP) is -2.05. The first-order valence-corrected chi connectivity index (χ1v) is 6.02. The van der Waals surface area contributed by atoms with Crippen molar-refractivity contribution >= 4 is 32.6 Å². The Morgan fingerprint density at radius 1 is 1.08 bits per heavy atom. The van der Waals surface area contributed by atoms with Gasteiger partial charge in [0.25, 0.3) is 0 Å². The average molecular weight is 232 g/mol. The van der Waals surface area contributed by atoms with E-state index in [-0.39, 0.29) is 24.8 Å².